The number of rotatable bonds is 2. The lowest BCUT2D eigenvalue weighted by molar-refractivity contribution is -0.154. The van der Waals surface area contributed by atoms with Crippen LogP contribution in [-0.2, 0) is 20.4 Å². The van der Waals surface area contributed by atoms with Crippen LogP contribution < -0.4 is 4.90 Å². The highest BCUT2D eigenvalue weighted by molar-refractivity contribution is 5.75. The number of esters is 1. The minimum atomic E-state index is -4.41. The molecule has 2 rings (SSSR count). The van der Waals surface area contributed by atoms with Gasteiger partial charge in [-0.05, 0) is 12.1 Å². The van der Waals surface area contributed by atoms with Crippen LogP contribution in [0.3, 0.4) is 0 Å². The van der Waals surface area contributed by atoms with Crippen molar-refractivity contribution in [1.82, 2.24) is 4.98 Å². The maximum Gasteiger partial charge on any atom is 0.417 e. The summed E-state index contributed by atoms with van der Waals surface area (Å²) in [6, 6.07) is 2.24. The summed E-state index contributed by atoms with van der Waals surface area (Å²) in [4.78, 5) is 16.9. The maximum atomic E-state index is 12.4. The van der Waals surface area contributed by atoms with E-state index >= 15 is 0 Å². The van der Waals surface area contributed by atoms with Crippen molar-refractivity contribution in [1.29, 1.82) is 0 Å². The average molecular weight is 290 g/mol. The van der Waals surface area contributed by atoms with Crippen LogP contribution in [0.5, 0.6) is 0 Å². The number of methoxy groups -OCH3 is 1. The first-order valence-corrected chi connectivity index (χ1v) is 5.89. The molecule has 0 N–H and O–H groups in total. The van der Waals surface area contributed by atoms with Crippen molar-refractivity contribution in [2.45, 2.75) is 12.3 Å². The third-order valence-electron chi connectivity index (χ3n) is 2.93. The zero-order valence-corrected chi connectivity index (χ0v) is 10.7. The molecular formula is C12H13F3N2O3. The van der Waals surface area contributed by atoms with Crippen LogP contribution in [0.1, 0.15) is 5.56 Å². The normalized spacial score (nSPS) is 19.8. The van der Waals surface area contributed by atoms with Crippen LogP contribution in [0.15, 0.2) is 18.3 Å². The van der Waals surface area contributed by atoms with Gasteiger partial charge in [0.15, 0.2) is 6.10 Å². The Bertz CT molecular complexity index is 476. The van der Waals surface area contributed by atoms with Crippen molar-refractivity contribution in [3.8, 4) is 0 Å². The van der Waals surface area contributed by atoms with Gasteiger partial charge in [0.2, 0.25) is 0 Å². The van der Waals surface area contributed by atoms with E-state index in [1.54, 1.807) is 4.90 Å². The molecule has 110 valence electrons. The number of aromatic nitrogens is 1. The van der Waals surface area contributed by atoms with Gasteiger partial charge in [0.05, 0.1) is 25.8 Å². The van der Waals surface area contributed by atoms with Crippen molar-refractivity contribution < 1.29 is 27.4 Å². The second-order valence-corrected chi connectivity index (χ2v) is 4.23. The number of alkyl halides is 3. The highest BCUT2D eigenvalue weighted by atomic mass is 19.4. The number of carbonyl (C=O) groups excluding carboxylic acids is 1. The Morgan fingerprint density at radius 1 is 1.50 bits per heavy atom. The number of carbonyl (C=O) groups is 1. The molecule has 0 saturated carbocycles. The van der Waals surface area contributed by atoms with Gasteiger partial charge < -0.3 is 14.4 Å². The largest absolute Gasteiger partial charge is 0.467 e. The SMILES string of the molecule is COC(=O)C1CN(c2ccc(C(F)(F)F)cn2)CCO1. The van der Waals surface area contributed by atoms with Crippen molar-refractivity contribution in [3.63, 3.8) is 0 Å². The second kappa shape index (κ2) is 5.66. The van der Waals surface area contributed by atoms with Gasteiger partial charge in [-0.3, -0.25) is 0 Å². The molecule has 1 aromatic heterocycles. The molecule has 0 aliphatic carbocycles. The minimum Gasteiger partial charge on any atom is -0.467 e. The molecule has 2 heterocycles. The molecule has 0 amide bonds. The van der Waals surface area contributed by atoms with E-state index in [-0.39, 0.29) is 13.2 Å². The summed E-state index contributed by atoms with van der Waals surface area (Å²) in [7, 11) is 1.25. The van der Waals surface area contributed by atoms with Gasteiger partial charge in [-0.1, -0.05) is 0 Å². The lowest BCUT2D eigenvalue weighted by Crippen LogP contribution is -2.46. The molecule has 1 fully saturated rings. The van der Waals surface area contributed by atoms with Gasteiger partial charge in [0, 0.05) is 12.7 Å². The Balaban J connectivity index is 2.09. The fourth-order valence-electron chi connectivity index (χ4n) is 1.87. The summed E-state index contributed by atoms with van der Waals surface area (Å²) in [6.07, 6.45) is -4.39. The zero-order chi connectivity index (χ0) is 14.8. The second-order valence-electron chi connectivity index (χ2n) is 4.23. The number of pyridine rings is 1. The molecule has 20 heavy (non-hydrogen) atoms. The first kappa shape index (κ1) is 14.6. The third kappa shape index (κ3) is 3.19. The van der Waals surface area contributed by atoms with E-state index in [1.807, 2.05) is 0 Å². The van der Waals surface area contributed by atoms with Crippen LogP contribution >= 0.6 is 0 Å². The number of halogens is 3. The van der Waals surface area contributed by atoms with Crippen LogP contribution in [0.25, 0.3) is 0 Å². The molecule has 1 aliphatic rings. The van der Waals surface area contributed by atoms with Gasteiger partial charge in [-0.2, -0.15) is 13.2 Å². The van der Waals surface area contributed by atoms with E-state index in [9.17, 15) is 18.0 Å². The number of morpholine rings is 1. The summed E-state index contributed by atoms with van der Waals surface area (Å²) in [5.41, 5.74) is -0.806. The summed E-state index contributed by atoms with van der Waals surface area (Å²) in [5, 5.41) is 0. The van der Waals surface area contributed by atoms with E-state index in [0.29, 0.717) is 12.4 Å². The van der Waals surface area contributed by atoms with Gasteiger partial charge in [0.25, 0.3) is 0 Å². The van der Waals surface area contributed by atoms with E-state index in [2.05, 4.69) is 9.72 Å². The van der Waals surface area contributed by atoms with Crippen molar-refractivity contribution >= 4 is 11.8 Å². The molecule has 1 saturated heterocycles. The molecule has 5 nitrogen and oxygen atoms in total. The van der Waals surface area contributed by atoms with E-state index in [1.165, 1.54) is 13.2 Å². The van der Waals surface area contributed by atoms with Crippen LogP contribution in [0.2, 0.25) is 0 Å². The number of hydrogen-bond donors (Lipinski definition) is 0. The van der Waals surface area contributed by atoms with E-state index in [0.717, 1.165) is 12.3 Å². The first-order valence-electron chi connectivity index (χ1n) is 5.89. The highest BCUT2D eigenvalue weighted by Gasteiger charge is 2.32. The maximum absolute atomic E-state index is 12.4. The van der Waals surface area contributed by atoms with E-state index in [4.69, 9.17) is 4.74 Å². The number of anilines is 1. The van der Waals surface area contributed by atoms with Crippen LogP contribution in [0.4, 0.5) is 19.0 Å². The van der Waals surface area contributed by atoms with Gasteiger partial charge >= 0.3 is 12.1 Å². The average Bonchev–Trinajstić information content (AvgIpc) is 2.46. The molecule has 1 atom stereocenters. The molecule has 0 bridgehead atoms. The van der Waals surface area contributed by atoms with Crippen LogP contribution in [-0.4, -0.2) is 43.9 Å². The van der Waals surface area contributed by atoms with Crippen molar-refractivity contribution in [2.75, 3.05) is 31.7 Å². The topological polar surface area (TPSA) is 51.7 Å². The summed E-state index contributed by atoms with van der Waals surface area (Å²) >= 11 is 0. The predicted molar refractivity (Wildman–Crippen MR) is 63.2 cm³/mol. The van der Waals surface area contributed by atoms with Crippen molar-refractivity contribution in [2.24, 2.45) is 0 Å². The van der Waals surface area contributed by atoms with E-state index < -0.39 is 23.8 Å². The number of ether oxygens (including phenoxy) is 2. The molecule has 1 aliphatic heterocycles. The lowest BCUT2D eigenvalue weighted by Gasteiger charge is -2.32. The summed E-state index contributed by atoms with van der Waals surface area (Å²) < 4.78 is 47.1. The third-order valence-corrected chi connectivity index (χ3v) is 2.93. The highest BCUT2D eigenvalue weighted by Crippen LogP contribution is 2.29. The zero-order valence-electron chi connectivity index (χ0n) is 10.7. The summed E-state index contributed by atoms with van der Waals surface area (Å²) in [6.45, 7) is 0.930. The molecule has 8 heteroatoms. The van der Waals surface area contributed by atoms with Gasteiger partial charge in [-0.15, -0.1) is 0 Å². The van der Waals surface area contributed by atoms with Crippen LogP contribution in [0, 0.1) is 0 Å². The fraction of sp³-hybridized carbons (Fsp3) is 0.500. The Hall–Kier alpha value is -1.83. The molecule has 1 aromatic rings. The molecular weight excluding hydrogens is 277 g/mol. The lowest BCUT2D eigenvalue weighted by atomic mass is 10.2. The quantitative estimate of drug-likeness (QED) is 0.772. The fourth-order valence-corrected chi connectivity index (χ4v) is 1.87. The molecule has 0 aromatic carbocycles. The smallest absolute Gasteiger partial charge is 0.417 e. The Morgan fingerprint density at radius 2 is 2.25 bits per heavy atom. The molecule has 0 spiro atoms. The molecule has 1 unspecified atom stereocenters. The van der Waals surface area contributed by atoms with Gasteiger partial charge in [0.1, 0.15) is 5.82 Å². The van der Waals surface area contributed by atoms with Gasteiger partial charge in [-0.25, -0.2) is 9.78 Å². The predicted octanol–water partition coefficient (Wildman–Crippen LogP) is 1.48. The first-order chi connectivity index (χ1) is 9.41. The Kier molecular flexibility index (Phi) is 4.12. The number of hydrogen-bond acceptors (Lipinski definition) is 5. The Labute approximate surface area is 113 Å². The Morgan fingerprint density at radius 3 is 2.80 bits per heavy atom. The van der Waals surface area contributed by atoms with Crippen molar-refractivity contribution in [3.05, 3.63) is 23.9 Å². The monoisotopic (exact) mass is 290 g/mol. The summed E-state index contributed by atoms with van der Waals surface area (Å²) in [5.74, 6) is -0.142. The molecule has 0 radical (unpaired) electrons. The minimum absolute atomic E-state index is 0.199. The number of nitrogens with zero attached hydrogens (tertiary/aromatic N) is 2. The standard InChI is InChI=1S/C12H13F3N2O3/c1-19-11(18)9-7-17(4-5-20-9)10-3-2-8(6-16-10)12(13,14)15/h2-3,6,9H,4-5,7H2,1H3.